The fourth-order valence-electron chi connectivity index (χ4n) is 2.19. The molecule has 104 valence electrons. The number of hydrogen-bond acceptors (Lipinski definition) is 3. The number of aromatic carboxylic acids is 1. The van der Waals surface area contributed by atoms with Crippen molar-refractivity contribution in [1.29, 1.82) is 0 Å². The Morgan fingerprint density at radius 1 is 1.25 bits per heavy atom. The maximum Gasteiger partial charge on any atom is 0.339 e. The fraction of sp³-hybridized carbons (Fsp3) is 0.250. The lowest BCUT2D eigenvalue weighted by Gasteiger charge is -2.24. The van der Waals surface area contributed by atoms with Crippen molar-refractivity contribution < 1.29 is 9.90 Å². The number of carboxylic acid groups (broad SMARTS) is 1. The van der Waals surface area contributed by atoms with Gasteiger partial charge in [0, 0.05) is 19.3 Å². The summed E-state index contributed by atoms with van der Waals surface area (Å²) < 4.78 is 0. The fourth-order valence-corrected chi connectivity index (χ4v) is 2.19. The van der Waals surface area contributed by atoms with Crippen LogP contribution in [0, 0.1) is 6.92 Å². The summed E-state index contributed by atoms with van der Waals surface area (Å²) in [5.74, 6) is -0.402. The highest BCUT2D eigenvalue weighted by Crippen LogP contribution is 2.22. The first-order chi connectivity index (χ1) is 9.63. The smallest absolute Gasteiger partial charge is 0.339 e. The molecule has 1 N–H and O–H groups in total. The predicted octanol–water partition coefficient (Wildman–Crippen LogP) is 3.11. The third-order valence-electron chi connectivity index (χ3n) is 3.25. The van der Waals surface area contributed by atoms with Crippen LogP contribution in [0.25, 0.3) is 0 Å². The van der Waals surface area contributed by atoms with E-state index in [0.717, 1.165) is 11.1 Å². The molecule has 0 saturated heterocycles. The van der Waals surface area contributed by atoms with Crippen LogP contribution in [0.4, 0.5) is 5.82 Å². The van der Waals surface area contributed by atoms with E-state index in [0.29, 0.717) is 18.9 Å². The molecular weight excluding hydrogens is 252 g/mol. The van der Waals surface area contributed by atoms with Crippen molar-refractivity contribution in [2.24, 2.45) is 0 Å². The van der Waals surface area contributed by atoms with Crippen molar-refractivity contribution >= 4 is 11.8 Å². The second-order valence-corrected chi connectivity index (χ2v) is 4.63. The maximum absolute atomic E-state index is 11.4. The number of rotatable bonds is 5. The second-order valence-electron chi connectivity index (χ2n) is 4.63. The zero-order valence-corrected chi connectivity index (χ0v) is 11.7. The lowest BCUT2D eigenvalue weighted by atomic mass is 10.1. The van der Waals surface area contributed by atoms with Gasteiger partial charge in [-0.05, 0) is 31.0 Å². The molecule has 0 bridgehead atoms. The first-order valence-corrected chi connectivity index (χ1v) is 6.61. The standard InChI is InChI=1S/C16H18N2O2/c1-3-18(11-13-7-5-4-6-8-13)15-14(16(19)20)12(2)9-10-17-15/h4-10H,3,11H2,1-2H3,(H,19,20). The number of carboxylic acids is 1. The van der Waals surface area contributed by atoms with Gasteiger partial charge in [-0.25, -0.2) is 9.78 Å². The van der Waals surface area contributed by atoms with Crippen LogP contribution in [0.3, 0.4) is 0 Å². The summed E-state index contributed by atoms with van der Waals surface area (Å²) >= 11 is 0. The molecule has 0 aliphatic carbocycles. The summed E-state index contributed by atoms with van der Waals surface area (Å²) in [4.78, 5) is 17.7. The molecule has 2 rings (SSSR count). The number of carbonyl (C=O) groups is 1. The van der Waals surface area contributed by atoms with Gasteiger partial charge in [-0.15, -0.1) is 0 Å². The highest BCUT2D eigenvalue weighted by molar-refractivity contribution is 5.94. The van der Waals surface area contributed by atoms with Gasteiger partial charge in [0.05, 0.1) is 0 Å². The number of benzene rings is 1. The largest absolute Gasteiger partial charge is 0.478 e. The van der Waals surface area contributed by atoms with Gasteiger partial charge in [0.2, 0.25) is 0 Å². The van der Waals surface area contributed by atoms with Crippen LogP contribution in [0.15, 0.2) is 42.6 Å². The van der Waals surface area contributed by atoms with Crippen molar-refractivity contribution in [1.82, 2.24) is 4.98 Å². The number of anilines is 1. The van der Waals surface area contributed by atoms with Crippen molar-refractivity contribution in [3.05, 3.63) is 59.3 Å². The van der Waals surface area contributed by atoms with Gasteiger partial charge in [-0.3, -0.25) is 0 Å². The van der Waals surface area contributed by atoms with E-state index in [1.165, 1.54) is 0 Å². The van der Waals surface area contributed by atoms with Crippen molar-refractivity contribution in [2.75, 3.05) is 11.4 Å². The molecule has 0 aliphatic rings. The minimum atomic E-state index is -0.933. The first kappa shape index (κ1) is 14.1. The second kappa shape index (κ2) is 6.19. The van der Waals surface area contributed by atoms with Gasteiger partial charge in [-0.2, -0.15) is 0 Å². The van der Waals surface area contributed by atoms with Gasteiger partial charge < -0.3 is 10.0 Å². The van der Waals surface area contributed by atoms with Crippen molar-refractivity contribution in [2.45, 2.75) is 20.4 Å². The molecule has 0 atom stereocenters. The molecule has 1 aromatic heterocycles. The van der Waals surface area contributed by atoms with E-state index in [9.17, 15) is 9.90 Å². The molecule has 0 radical (unpaired) electrons. The Bertz CT molecular complexity index is 597. The molecule has 0 unspecified atom stereocenters. The van der Waals surface area contributed by atoms with Crippen LogP contribution in [-0.4, -0.2) is 22.6 Å². The molecule has 1 aromatic carbocycles. The molecule has 0 aliphatic heterocycles. The van der Waals surface area contributed by atoms with E-state index < -0.39 is 5.97 Å². The molecule has 1 heterocycles. The number of pyridine rings is 1. The summed E-state index contributed by atoms with van der Waals surface area (Å²) in [5, 5.41) is 9.39. The number of nitrogens with zero attached hydrogens (tertiary/aromatic N) is 2. The van der Waals surface area contributed by atoms with Gasteiger partial charge in [0.15, 0.2) is 0 Å². The van der Waals surface area contributed by atoms with Crippen molar-refractivity contribution in [3.8, 4) is 0 Å². The number of aromatic nitrogens is 1. The Morgan fingerprint density at radius 2 is 1.95 bits per heavy atom. The average Bonchev–Trinajstić information content (AvgIpc) is 2.45. The molecule has 0 spiro atoms. The molecule has 20 heavy (non-hydrogen) atoms. The Balaban J connectivity index is 2.37. The van der Waals surface area contributed by atoms with Crippen LogP contribution >= 0.6 is 0 Å². The summed E-state index contributed by atoms with van der Waals surface area (Å²) in [6.45, 7) is 5.14. The molecule has 4 heteroatoms. The van der Waals surface area contributed by atoms with E-state index in [1.807, 2.05) is 42.2 Å². The zero-order valence-electron chi connectivity index (χ0n) is 11.7. The average molecular weight is 270 g/mol. The minimum absolute atomic E-state index is 0.283. The molecular formula is C16H18N2O2. The van der Waals surface area contributed by atoms with Crippen LogP contribution in [0.1, 0.15) is 28.4 Å². The van der Waals surface area contributed by atoms with Gasteiger partial charge in [0.1, 0.15) is 11.4 Å². The van der Waals surface area contributed by atoms with Gasteiger partial charge in [0.25, 0.3) is 0 Å². The van der Waals surface area contributed by atoms with E-state index in [2.05, 4.69) is 4.98 Å². The molecule has 2 aromatic rings. The van der Waals surface area contributed by atoms with Crippen LogP contribution in [0.2, 0.25) is 0 Å². The summed E-state index contributed by atoms with van der Waals surface area (Å²) in [7, 11) is 0. The van der Waals surface area contributed by atoms with Gasteiger partial charge >= 0.3 is 5.97 Å². The zero-order chi connectivity index (χ0) is 14.5. The summed E-state index contributed by atoms with van der Waals surface area (Å²) in [6.07, 6.45) is 1.66. The Morgan fingerprint density at radius 3 is 2.55 bits per heavy atom. The minimum Gasteiger partial charge on any atom is -0.478 e. The van der Waals surface area contributed by atoms with Crippen LogP contribution < -0.4 is 4.90 Å². The predicted molar refractivity (Wildman–Crippen MR) is 79.1 cm³/mol. The Hall–Kier alpha value is -2.36. The Labute approximate surface area is 118 Å². The van der Waals surface area contributed by atoms with E-state index in [1.54, 1.807) is 19.2 Å². The Kier molecular flexibility index (Phi) is 4.35. The summed E-state index contributed by atoms with van der Waals surface area (Å²) in [5.41, 5.74) is 2.15. The number of aryl methyl sites for hydroxylation is 1. The topological polar surface area (TPSA) is 53.4 Å². The molecule has 0 saturated carbocycles. The third kappa shape index (κ3) is 2.96. The lowest BCUT2D eigenvalue weighted by molar-refractivity contribution is 0.0696. The van der Waals surface area contributed by atoms with Crippen LogP contribution in [-0.2, 0) is 6.54 Å². The quantitative estimate of drug-likeness (QED) is 0.907. The molecule has 4 nitrogen and oxygen atoms in total. The normalized spacial score (nSPS) is 10.3. The maximum atomic E-state index is 11.4. The first-order valence-electron chi connectivity index (χ1n) is 6.61. The highest BCUT2D eigenvalue weighted by atomic mass is 16.4. The SMILES string of the molecule is CCN(Cc1ccccc1)c1nccc(C)c1C(=O)O. The van der Waals surface area contributed by atoms with E-state index in [4.69, 9.17) is 0 Å². The molecule has 0 fully saturated rings. The van der Waals surface area contributed by atoms with E-state index >= 15 is 0 Å². The van der Waals surface area contributed by atoms with Crippen molar-refractivity contribution in [3.63, 3.8) is 0 Å². The third-order valence-corrected chi connectivity index (χ3v) is 3.25. The van der Waals surface area contributed by atoms with Gasteiger partial charge in [-0.1, -0.05) is 30.3 Å². The van der Waals surface area contributed by atoms with E-state index in [-0.39, 0.29) is 5.56 Å². The summed E-state index contributed by atoms with van der Waals surface area (Å²) in [6, 6.07) is 11.7. The monoisotopic (exact) mass is 270 g/mol. The number of hydrogen-bond donors (Lipinski definition) is 1. The lowest BCUT2D eigenvalue weighted by Crippen LogP contribution is -2.25. The van der Waals surface area contributed by atoms with Crippen LogP contribution in [0.5, 0.6) is 0 Å². The molecule has 0 amide bonds. The highest BCUT2D eigenvalue weighted by Gasteiger charge is 2.18.